The second kappa shape index (κ2) is 4.74. The number of ether oxygens (including phenoxy) is 2. The first kappa shape index (κ1) is 11.3. The normalized spacial score (nSPS) is 14.4. The van der Waals surface area contributed by atoms with Crippen molar-refractivity contribution >= 4 is 17.9 Å². The predicted molar refractivity (Wildman–Crippen MR) is 61.8 cm³/mol. The minimum atomic E-state index is 0.427. The van der Waals surface area contributed by atoms with Crippen molar-refractivity contribution in [3.63, 3.8) is 0 Å². The van der Waals surface area contributed by atoms with Gasteiger partial charge >= 0.3 is 0 Å². The fourth-order valence-corrected chi connectivity index (χ4v) is 2.09. The number of halogens is 1. The lowest BCUT2D eigenvalue weighted by atomic mass is 10.0. The molecule has 0 saturated carbocycles. The van der Waals surface area contributed by atoms with Crippen LogP contribution < -0.4 is 9.47 Å². The lowest BCUT2D eigenvalue weighted by molar-refractivity contribution is 0.112. The van der Waals surface area contributed by atoms with Crippen LogP contribution in [0.2, 0.25) is 5.02 Å². The Morgan fingerprint density at radius 3 is 2.88 bits per heavy atom. The fraction of sp³-hybridized carbons (Fsp3) is 0.417. The van der Waals surface area contributed by atoms with Gasteiger partial charge in [0.2, 0.25) is 0 Å². The van der Waals surface area contributed by atoms with Crippen LogP contribution in [-0.2, 0) is 6.42 Å². The third kappa shape index (κ3) is 1.87. The van der Waals surface area contributed by atoms with Gasteiger partial charge in [-0.25, -0.2) is 0 Å². The number of rotatable bonds is 2. The molecule has 0 N–H and O–H groups in total. The van der Waals surface area contributed by atoms with E-state index in [9.17, 15) is 4.79 Å². The molecule has 1 aliphatic heterocycles. The molecule has 4 heteroatoms. The molecule has 0 saturated heterocycles. The molecule has 0 aliphatic carbocycles. The van der Waals surface area contributed by atoms with Crippen LogP contribution in [0.4, 0.5) is 0 Å². The monoisotopic (exact) mass is 240 g/mol. The summed E-state index contributed by atoms with van der Waals surface area (Å²) in [6.45, 7) is 3.19. The highest BCUT2D eigenvalue weighted by Crippen LogP contribution is 2.39. The molecule has 2 rings (SSSR count). The van der Waals surface area contributed by atoms with Crippen molar-refractivity contribution in [1.82, 2.24) is 0 Å². The Kier molecular flexibility index (Phi) is 3.34. The Morgan fingerprint density at radius 2 is 2.19 bits per heavy atom. The molecule has 1 aromatic carbocycles. The Bertz CT molecular complexity index is 415. The van der Waals surface area contributed by atoms with Crippen molar-refractivity contribution in [2.75, 3.05) is 13.2 Å². The first-order valence-electron chi connectivity index (χ1n) is 5.34. The van der Waals surface area contributed by atoms with Crippen LogP contribution in [0.25, 0.3) is 0 Å². The predicted octanol–water partition coefficient (Wildman–Crippen LogP) is 2.88. The van der Waals surface area contributed by atoms with Crippen molar-refractivity contribution in [3.8, 4) is 11.5 Å². The molecule has 0 fully saturated rings. The van der Waals surface area contributed by atoms with Gasteiger partial charge in [-0.3, -0.25) is 4.79 Å². The molecular formula is C12H13ClO3. The second-order valence-electron chi connectivity index (χ2n) is 3.60. The number of aldehydes is 1. The van der Waals surface area contributed by atoms with E-state index in [1.807, 2.05) is 6.92 Å². The molecule has 0 amide bonds. The maximum absolute atomic E-state index is 11.0. The van der Waals surface area contributed by atoms with Gasteiger partial charge in [-0.05, 0) is 6.42 Å². The summed E-state index contributed by atoms with van der Waals surface area (Å²) in [4.78, 5) is 11.0. The van der Waals surface area contributed by atoms with Crippen LogP contribution in [0.15, 0.2) is 6.07 Å². The molecule has 0 radical (unpaired) electrons. The van der Waals surface area contributed by atoms with E-state index < -0.39 is 0 Å². The van der Waals surface area contributed by atoms with Crippen molar-refractivity contribution in [2.45, 2.75) is 19.8 Å². The van der Waals surface area contributed by atoms with Gasteiger partial charge in [0.15, 0.2) is 17.8 Å². The summed E-state index contributed by atoms with van der Waals surface area (Å²) >= 11 is 6.03. The highest BCUT2D eigenvalue weighted by molar-refractivity contribution is 6.33. The van der Waals surface area contributed by atoms with Gasteiger partial charge < -0.3 is 9.47 Å². The zero-order chi connectivity index (χ0) is 11.5. The van der Waals surface area contributed by atoms with Crippen LogP contribution in [0.1, 0.15) is 29.3 Å². The Morgan fingerprint density at radius 1 is 1.44 bits per heavy atom. The molecule has 0 aromatic heterocycles. The Hall–Kier alpha value is -1.22. The van der Waals surface area contributed by atoms with Gasteiger partial charge in [-0.2, -0.15) is 0 Å². The van der Waals surface area contributed by atoms with Crippen LogP contribution in [0.5, 0.6) is 11.5 Å². The van der Waals surface area contributed by atoms with Gasteiger partial charge in [0, 0.05) is 23.6 Å². The summed E-state index contributed by atoms with van der Waals surface area (Å²) in [5.74, 6) is 1.32. The highest BCUT2D eigenvalue weighted by Gasteiger charge is 2.19. The van der Waals surface area contributed by atoms with Crippen LogP contribution in [0, 0.1) is 0 Å². The van der Waals surface area contributed by atoms with Crippen LogP contribution >= 0.6 is 11.6 Å². The minimum absolute atomic E-state index is 0.427. The molecule has 86 valence electrons. The van der Waals surface area contributed by atoms with Gasteiger partial charge in [0.1, 0.15) is 0 Å². The summed E-state index contributed by atoms with van der Waals surface area (Å²) in [7, 11) is 0. The maximum Gasteiger partial charge on any atom is 0.165 e. The fourth-order valence-electron chi connectivity index (χ4n) is 1.83. The van der Waals surface area contributed by atoms with Gasteiger partial charge in [0.05, 0.1) is 18.2 Å². The van der Waals surface area contributed by atoms with E-state index in [2.05, 4.69) is 0 Å². The standard InChI is InChI=1S/C12H13ClO3/c1-2-8-9(7-14)10(13)6-11-12(8)16-5-3-4-15-11/h6-7H,2-5H2,1H3. The number of hydrogen-bond acceptors (Lipinski definition) is 3. The zero-order valence-electron chi connectivity index (χ0n) is 9.09. The average molecular weight is 241 g/mol. The van der Waals surface area contributed by atoms with E-state index in [1.165, 1.54) is 0 Å². The van der Waals surface area contributed by atoms with Crippen molar-refractivity contribution in [2.24, 2.45) is 0 Å². The van der Waals surface area contributed by atoms with Crippen molar-refractivity contribution in [1.29, 1.82) is 0 Å². The number of carbonyl (C=O) groups excluding carboxylic acids is 1. The molecule has 1 aromatic rings. The molecule has 1 aliphatic rings. The maximum atomic E-state index is 11.0. The van der Waals surface area contributed by atoms with Gasteiger partial charge in [0.25, 0.3) is 0 Å². The molecular weight excluding hydrogens is 228 g/mol. The van der Waals surface area contributed by atoms with Crippen LogP contribution in [0.3, 0.4) is 0 Å². The first-order valence-corrected chi connectivity index (χ1v) is 5.71. The van der Waals surface area contributed by atoms with Crippen LogP contribution in [-0.4, -0.2) is 19.5 Å². The summed E-state index contributed by atoms with van der Waals surface area (Å²) < 4.78 is 11.2. The summed E-state index contributed by atoms with van der Waals surface area (Å²) in [6, 6.07) is 1.66. The molecule has 0 spiro atoms. The number of benzene rings is 1. The Labute approximate surface area is 99.3 Å². The van der Waals surface area contributed by atoms with E-state index in [0.29, 0.717) is 41.7 Å². The molecule has 0 atom stereocenters. The average Bonchev–Trinajstić information content (AvgIpc) is 2.52. The summed E-state index contributed by atoms with van der Waals surface area (Å²) in [5.41, 5.74) is 1.34. The molecule has 1 heterocycles. The van der Waals surface area contributed by atoms with Gasteiger partial charge in [-0.15, -0.1) is 0 Å². The van der Waals surface area contributed by atoms with E-state index in [-0.39, 0.29) is 0 Å². The Balaban J connectivity index is 2.61. The van der Waals surface area contributed by atoms with Crippen molar-refractivity contribution in [3.05, 3.63) is 22.2 Å². The van der Waals surface area contributed by atoms with E-state index in [4.69, 9.17) is 21.1 Å². The third-order valence-corrected chi connectivity index (χ3v) is 2.91. The zero-order valence-corrected chi connectivity index (χ0v) is 9.84. The van der Waals surface area contributed by atoms with E-state index in [1.54, 1.807) is 6.07 Å². The second-order valence-corrected chi connectivity index (χ2v) is 4.01. The molecule has 0 bridgehead atoms. The highest BCUT2D eigenvalue weighted by atomic mass is 35.5. The summed E-state index contributed by atoms with van der Waals surface area (Å²) in [6.07, 6.45) is 2.31. The minimum Gasteiger partial charge on any atom is -0.489 e. The quantitative estimate of drug-likeness (QED) is 0.746. The number of hydrogen-bond donors (Lipinski definition) is 0. The molecule has 16 heavy (non-hydrogen) atoms. The SMILES string of the molecule is CCc1c(C=O)c(Cl)cc2c1OCCCO2. The molecule has 3 nitrogen and oxygen atoms in total. The smallest absolute Gasteiger partial charge is 0.165 e. The van der Waals surface area contributed by atoms with Crippen molar-refractivity contribution < 1.29 is 14.3 Å². The molecule has 0 unspecified atom stereocenters. The lowest BCUT2D eigenvalue weighted by Gasteiger charge is -2.14. The van der Waals surface area contributed by atoms with Gasteiger partial charge in [-0.1, -0.05) is 18.5 Å². The van der Waals surface area contributed by atoms with E-state index in [0.717, 1.165) is 18.3 Å². The third-order valence-electron chi connectivity index (χ3n) is 2.60. The topological polar surface area (TPSA) is 35.5 Å². The number of carbonyl (C=O) groups is 1. The number of fused-ring (bicyclic) bond motifs is 1. The first-order chi connectivity index (χ1) is 7.77. The van der Waals surface area contributed by atoms with E-state index >= 15 is 0 Å². The summed E-state index contributed by atoms with van der Waals surface area (Å²) in [5, 5.41) is 0.427. The largest absolute Gasteiger partial charge is 0.489 e. The lowest BCUT2D eigenvalue weighted by Crippen LogP contribution is -2.01.